The molecule has 0 unspecified atom stereocenters. The summed E-state index contributed by atoms with van der Waals surface area (Å²) in [5.74, 6) is -2.99. The van der Waals surface area contributed by atoms with Crippen molar-refractivity contribution >= 4 is 17.8 Å². The molecule has 0 radical (unpaired) electrons. The average Bonchev–Trinajstić information content (AvgIpc) is 3.53. The molecule has 2 saturated heterocycles. The van der Waals surface area contributed by atoms with Crippen LogP contribution in [0.2, 0.25) is 0 Å². The van der Waals surface area contributed by atoms with Gasteiger partial charge in [-0.1, -0.05) is 6.07 Å². The maximum absolute atomic E-state index is 12.2. The Hall–Kier alpha value is -3.66. The first-order valence-electron chi connectivity index (χ1n) is 11.7. The first-order valence-corrected chi connectivity index (χ1v) is 11.7. The normalized spacial score (nSPS) is 20.4. The van der Waals surface area contributed by atoms with Gasteiger partial charge in [-0.3, -0.25) is 14.7 Å². The fourth-order valence-corrected chi connectivity index (χ4v) is 3.98. The molecule has 3 N–H and O–H groups in total. The highest BCUT2D eigenvalue weighted by Gasteiger charge is 2.42. The molecule has 0 aromatic carbocycles. The van der Waals surface area contributed by atoms with Crippen LogP contribution in [0.1, 0.15) is 29.9 Å². The Bertz CT molecular complexity index is 1090. The molecule has 0 aliphatic carbocycles. The van der Waals surface area contributed by atoms with Gasteiger partial charge in [0.25, 0.3) is 0 Å². The number of fused-ring (bicyclic) bond motifs is 1. The maximum Gasteiger partial charge on any atom is 0.490 e. The van der Waals surface area contributed by atoms with E-state index in [2.05, 4.69) is 15.2 Å². The molecule has 222 valence electrons. The zero-order valence-electron chi connectivity index (χ0n) is 21.0. The molecule has 4 heterocycles. The summed E-state index contributed by atoms with van der Waals surface area (Å²) in [5, 5.41) is 17.2. The van der Waals surface area contributed by atoms with Gasteiger partial charge < -0.3 is 24.7 Å². The number of furan rings is 1. The number of rotatable bonds is 6. The number of halogens is 6. The first-order chi connectivity index (χ1) is 18.5. The molecule has 2 aromatic rings. The Morgan fingerprint density at radius 1 is 1.05 bits per heavy atom. The van der Waals surface area contributed by atoms with Crippen molar-refractivity contribution in [2.24, 2.45) is 5.92 Å². The number of carbonyl (C=O) groups is 3. The van der Waals surface area contributed by atoms with Gasteiger partial charge in [0.05, 0.1) is 25.2 Å². The summed E-state index contributed by atoms with van der Waals surface area (Å²) in [6.45, 7) is 5.24. The third-order valence-corrected chi connectivity index (χ3v) is 5.68. The summed E-state index contributed by atoms with van der Waals surface area (Å²) in [6.07, 6.45) is -5.00. The zero-order valence-corrected chi connectivity index (χ0v) is 21.0. The Morgan fingerprint density at radius 2 is 1.68 bits per heavy atom. The lowest BCUT2D eigenvalue weighted by molar-refractivity contribution is -0.193. The van der Waals surface area contributed by atoms with Gasteiger partial charge in [0.2, 0.25) is 5.91 Å². The van der Waals surface area contributed by atoms with E-state index >= 15 is 0 Å². The SMILES string of the molecule is Cc1ccc(CN2C[C@@H]3C[C@@H](CC(=O)NCc4cccnc4)O[C@@H]3C2)o1.O=C(O)C(F)(F)F.O=C(O)C(F)(F)F. The van der Waals surface area contributed by atoms with E-state index in [-0.39, 0.29) is 18.1 Å². The highest BCUT2D eigenvalue weighted by molar-refractivity contribution is 5.76. The van der Waals surface area contributed by atoms with E-state index in [0.29, 0.717) is 18.9 Å². The van der Waals surface area contributed by atoms with Gasteiger partial charge in [-0.15, -0.1) is 0 Å². The number of ether oxygens (including phenoxy) is 1. The number of aromatic nitrogens is 1. The number of aryl methyl sites for hydroxylation is 1. The maximum atomic E-state index is 12.2. The number of amides is 1. The number of carboxylic acid groups (broad SMARTS) is 2. The second-order valence-corrected chi connectivity index (χ2v) is 8.95. The van der Waals surface area contributed by atoms with Gasteiger partial charge >= 0.3 is 24.3 Å². The van der Waals surface area contributed by atoms with Crippen LogP contribution >= 0.6 is 0 Å². The molecule has 16 heteroatoms. The van der Waals surface area contributed by atoms with Crippen molar-refractivity contribution in [3.8, 4) is 0 Å². The van der Waals surface area contributed by atoms with Crippen molar-refractivity contribution in [3.05, 3.63) is 53.7 Å². The second kappa shape index (κ2) is 14.1. The molecule has 1 amide bonds. The summed E-state index contributed by atoms with van der Waals surface area (Å²) in [6, 6.07) is 7.87. The van der Waals surface area contributed by atoms with Crippen LogP contribution in [0.25, 0.3) is 0 Å². The number of pyridine rings is 1. The molecule has 2 fully saturated rings. The Kier molecular flexibility index (Phi) is 11.5. The van der Waals surface area contributed by atoms with Crippen molar-refractivity contribution in [3.63, 3.8) is 0 Å². The molecule has 0 spiro atoms. The highest BCUT2D eigenvalue weighted by atomic mass is 19.4. The van der Waals surface area contributed by atoms with Crippen molar-refractivity contribution in [1.29, 1.82) is 0 Å². The first kappa shape index (κ1) is 32.6. The van der Waals surface area contributed by atoms with Crippen molar-refractivity contribution < 1.29 is 60.1 Å². The Labute approximate surface area is 223 Å². The van der Waals surface area contributed by atoms with E-state index in [0.717, 1.165) is 43.1 Å². The average molecular weight is 583 g/mol. The molecule has 4 rings (SSSR count). The Balaban J connectivity index is 0.000000333. The molecular formula is C24H27F6N3O7. The number of aliphatic carboxylic acids is 2. The van der Waals surface area contributed by atoms with Gasteiger partial charge in [-0.05, 0) is 37.1 Å². The predicted octanol–water partition coefficient (Wildman–Crippen LogP) is 3.55. The molecule has 10 nitrogen and oxygen atoms in total. The lowest BCUT2D eigenvalue weighted by Crippen LogP contribution is -2.29. The van der Waals surface area contributed by atoms with Crippen LogP contribution in [-0.4, -0.2) is 75.6 Å². The smallest absolute Gasteiger partial charge is 0.475 e. The number of hydrogen-bond donors (Lipinski definition) is 3. The van der Waals surface area contributed by atoms with E-state index in [1.807, 2.05) is 31.2 Å². The van der Waals surface area contributed by atoms with Crippen LogP contribution in [0.15, 0.2) is 41.1 Å². The highest BCUT2D eigenvalue weighted by Crippen LogP contribution is 2.35. The standard InChI is InChI=1S/C20H25N3O3.2C2HF3O2/c1-14-4-5-17(25-14)12-23-11-16-7-18(26-19(16)13-23)8-20(24)22-10-15-3-2-6-21-9-15;2*3-2(4,5)1(6)7/h2-6,9,16,18-19H,7-8,10-13H2,1H3,(H,22,24);2*(H,6,7)/t16-,18-,19+;;/m0../s1. The monoisotopic (exact) mass is 583 g/mol. The summed E-state index contributed by atoms with van der Waals surface area (Å²) >= 11 is 0. The number of alkyl halides is 6. The van der Waals surface area contributed by atoms with Crippen LogP contribution in [-0.2, 0) is 32.2 Å². The summed E-state index contributed by atoms with van der Waals surface area (Å²) < 4.78 is 75.3. The largest absolute Gasteiger partial charge is 0.490 e. The van der Waals surface area contributed by atoms with Gasteiger partial charge in [0, 0.05) is 37.9 Å². The Morgan fingerprint density at radius 3 is 2.15 bits per heavy atom. The molecule has 40 heavy (non-hydrogen) atoms. The minimum atomic E-state index is -5.08. The number of hydrogen-bond acceptors (Lipinski definition) is 7. The van der Waals surface area contributed by atoms with Crippen molar-refractivity contribution in [2.75, 3.05) is 13.1 Å². The molecule has 3 atom stereocenters. The van der Waals surface area contributed by atoms with Crippen LogP contribution < -0.4 is 5.32 Å². The number of nitrogens with zero attached hydrogens (tertiary/aromatic N) is 2. The minimum Gasteiger partial charge on any atom is -0.475 e. The zero-order chi connectivity index (χ0) is 30.1. The van der Waals surface area contributed by atoms with E-state index in [1.54, 1.807) is 12.4 Å². The molecule has 0 saturated carbocycles. The van der Waals surface area contributed by atoms with E-state index < -0.39 is 24.3 Å². The van der Waals surface area contributed by atoms with Crippen LogP contribution in [0.5, 0.6) is 0 Å². The molecule has 2 aromatic heterocycles. The van der Waals surface area contributed by atoms with Crippen molar-refractivity contribution in [2.45, 2.75) is 57.4 Å². The predicted molar refractivity (Wildman–Crippen MR) is 124 cm³/mol. The van der Waals surface area contributed by atoms with Crippen LogP contribution in [0.4, 0.5) is 26.3 Å². The number of nitrogens with one attached hydrogen (secondary N) is 1. The number of carbonyl (C=O) groups excluding carboxylic acids is 1. The van der Waals surface area contributed by atoms with E-state index in [9.17, 15) is 31.1 Å². The minimum absolute atomic E-state index is 0.0342. The molecule has 2 aliphatic heterocycles. The number of likely N-dealkylation sites (tertiary alicyclic amines) is 1. The lowest BCUT2D eigenvalue weighted by atomic mass is 10.0. The van der Waals surface area contributed by atoms with E-state index in [4.69, 9.17) is 29.0 Å². The fourth-order valence-electron chi connectivity index (χ4n) is 3.98. The summed E-state index contributed by atoms with van der Waals surface area (Å²) in [7, 11) is 0. The topological polar surface area (TPSA) is 142 Å². The van der Waals surface area contributed by atoms with Crippen LogP contribution in [0, 0.1) is 12.8 Å². The third-order valence-electron chi connectivity index (χ3n) is 5.68. The summed E-state index contributed by atoms with van der Waals surface area (Å²) in [4.78, 5) is 36.4. The van der Waals surface area contributed by atoms with E-state index in [1.165, 1.54) is 0 Å². The lowest BCUT2D eigenvalue weighted by Gasteiger charge is -2.18. The van der Waals surface area contributed by atoms with Crippen molar-refractivity contribution in [1.82, 2.24) is 15.2 Å². The second-order valence-electron chi connectivity index (χ2n) is 8.95. The molecular weight excluding hydrogens is 556 g/mol. The van der Waals surface area contributed by atoms with Gasteiger partial charge in [-0.25, -0.2) is 9.59 Å². The third kappa shape index (κ3) is 11.2. The van der Waals surface area contributed by atoms with Gasteiger partial charge in [0.1, 0.15) is 11.5 Å². The van der Waals surface area contributed by atoms with Crippen LogP contribution in [0.3, 0.4) is 0 Å². The summed E-state index contributed by atoms with van der Waals surface area (Å²) in [5.41, 5.74) is 1.01. The quantitative estimate of drug-likeness (QED) is 0.436. The van der Waals surface area contributed by atoms with Gasteiger partial charge in [-0.2, -0.15) is 26.3 Å². The molecule has 2 aliphatic rings. The fraction of sp³-hybridized carbons (Fsp3) is 0.500. The van der Waals surface area contributed by atoms with Gasteiger partial charge in [0.15, 0.2) is 0 Å². The number of carboxylic acids is 2. The molecule has 0 bridgehead atoms.